The average molecular weight is 369 g/mol. The van der Waals surface area contributed by atoms with E-state index >= 15 is 0 Å². The molecular weight excluding hydrogens is 348 g/mol. The summed E-state index contributed by atoms with van der Waals surface area (Å²) in [6.07, 6.45) is 1.83. The van der Waals surface area contributed by atoms with Crippen molar-refractivity contribution in [3.8, 4) is 0 Å². The SMILES string of the molecule is CCc1nnc(N(C)Cc2cc(Br)cs2)c(CN)c1CC. The molecule has 2 aromatic rings. The molecule has 2 rings (SSSR count). The van der Waals surface area contributed by atoms with Crippen molar-refractivity contribution in [1.82, 2.24) is 10.2 Å². The molecule has 0 saturated heterocycles. The van der Waals surface area contributed by atoms with E-state index in [4.69, 9.17) is 5.73 Å². The predicted octanol–water partition coefficient (Wildman–Crippen LogP) is 3.52. The van der Waals surface area contributed by atoms with Crippen LogP contribution in [0.25, 0.3) is 0 Å². The fourth-order valence-electron chi connectivity index (χ4n) is 2.51. The number of halogens is 1. The lowest BCUT2D eigenvalue weighted by molar-refractivity contribution is 0.798. The Morgan fingerprint density at radius 1 is 1.24 bits per heavy atom. The molecule has 0 radical (unpaired) electrons. The van der Waals surface area contributed by atoms with E-state index in [1.165, 1.54) is 10.4 Å². The molecule has 2 aromatic heterocycles. The zero-order chi connectivity index (χ0) is 15.4. The van der Waals surface area contributed by atoms with Crippen molar-refractivity contribution < 1.29 is 0 Å². The number of anilines is 1. The Morgan fingerprint density at radius 3 is 2.52 bits per heavy atom. The van der Waals surface area contributed by atoms with Crippen LogP contribution in [0.2, 0.25) is 0 Å². The summed E-state index contributed by atoms with van der Waals surface area (Å²) in [4.78, 5) is 3.42. The van der Waals surface area contributed by atoms with Gasteiger partial charge in [0.1, 0.15) is 0 Å². The van der Waals surface area contributed by atoms with Gasteiger partial charge in [-0.25, -0.2) is 0 Å². The summed E-state index contributed by atoms with van der Waals surface area (Å²) in [5, 5.41) is 10.9. The van der Waals surface area contributed by atoms with Gasteiger partial charge < -0.3 is 10.6 Å². The molecule has 21 heavy (non-hydrogen) atoms. The highest BCUT2D eigenvalue weighted by atomic mass is 79.9. The fourth-order valence-corrected chi connectivity index (χ4v) is 4.01. The fraction of sp³-hybridized carbons (Fsp3) is 0.467. The molecule has 0 saturated carbocycles. The smallest absolute Gasteiger partial charge is 0.156 e. The van der Waals surface area contributed by atoms with Gasteiger partial charge in [-0.3, -0.25) is 0 Å². The topological polar surface area (TPSA) is 55.0 Å². The molecule has 0 aliphatic rings. The first-order valence-electron chi connectivity index (χ1n) is 7.12. The van der Waals surface area contributed by atoms with Crippen LogP contribution in [0.4, 0.5) is 5.82 Å². The van der Waals surface area contributed by atoms with Gasteiger partial charge in [0.15, 0.2) is 5.82 Å². The third-order valence-corrected chi connectivity index (χ3v) is 5.20. The molecule has 0 aliphatic carbocycles. The van der Waals surface area contributed by atoms with Gasteiger partial charge >= 0.3 is 0 Å². The van der Waals surface area contributed by atoms with Crippen molar-refractivity contribution >= 4 is 33.1 Å². The zero-order valence-corrected chi connectivity index (χ0v) is 15.1. The first kappa shape index (κ1) is 16.4. The number of nitrogens with two attached hydrogens (primary N) is 1. The van der Waals surface area contributed by atoms with E-state index in [-0.39, 0.29) is 0 Å². The average Bonchev–Trinajstić information content (AvgIpc) is 2.90. The van der Waals surface area contributed by atoms with Gasteiger partial charge in [-0.05, 0) is 40.4 Å². The minimum absolute atomic E-state index is 0.500. The molecule has 114 valence electrons. The highest BCUT2D eigenvalue weighted by Crippen LogP contribution is 2.26. The summed E-state index contributed by atoms with van der Waals surface area (Å²) in [5.41, 5.74) is 9.43. The van der Waals surface area contributed by atoms with E-state index in [9.17, 15) is 0 Å². The van der Waals surface area contributed by atoms with Crippen molar-refractivity contribution in [2.24, 2.45) is 5.73 Å². The second-order valence-corrected chi connectivity index (χ2v) is 6.84. The van der Waals surface area contributed by atoms with Gasteiger partial charge in [0.2, 0.25) is 0 Å². The Kier molecular flexibility index (Phi) is 5.72. The van der Waals surface area contributed by atoms with Gasteiger partial charge in [-0.15, -0.1) is 16.4 Å². The number of rotatable bonds is 6. The molecule has 0 aliphatic heterocycles. The Labute approximate surface area is 138 Å². The summed E-state index contributed by atoms with van der Waals surface area (Å²) in [6, 6.07) is 2.14. The van der Waals surface area contributed by atoms with Crippen LogP contribution in [0.15, 0.2) is 15.9 Å². The van der Waals surface area contributed by atoms with Gasteiger partial charge in [0, 0.05) is 33.9 Å². The summed E-state index contributed by atoms with van der Waals surface area (Å²) in [5.74, 6) is 0.899. The lowest BCUT2D eigenvalue weighted by atomic mass is 10.0. The van der Waals surface area contributed by atoms with Crippen molar-refractivity contribution in [3.63, 3.8) is 0 Å². The summed E-state index contributed by atoms with van der Waals surface area (Å²) in [7, 11) is 2.04. The summed E-state index contributed by atoms with van der Waals surface area (Å²) < 4.78 is 1.12. The number of nitrogens with zero attached hydrogens (tertiary/aromatic N) is 3. The standard InChI is InChI=1S/C15H21BrN4S/c1-4-12-13(7-17)15(19-18-14(12)5-2)20(3)8-11-6-10(16)9-21-11/h6,9H,4-5,7-8,17H2,1-3H3. The number of hydrogen-bond donors (Lipinski definition) is 1. The van der Waals surface area contributed by atoms with Crippen LogP contribution in [-0.4, -0.2) is 17.2 Å². The predicted molar refractivity (Wildman–Crippen MR) is 92.8 cm³/mol. The molecule has 4 nitrogen and oxygen atoms in total. The molecule has 6 heteroatoms. The summed E-state index contributed by atoms with van der Waals surface area (Å²) >= 11 is 5.23. The third kappa shape index (κ3) is 3.62. The molecule has 0 fully saturated rings. The van der Waals surface area contributed by atoms with E-state index in [1.807, 2.05) is 7.05 Å². The van der Waals surface area contributed by atoms with E-state index in [0.717, 1.165) is 40.9 Å². The molecule has 2 N–H and O–H groups in total. The molecule has 0 aromatic carbocycles. The molecule has 2 heterocycles. The van der Waals surface area contributed by atoms with Gasteiger partial charge in [0.05, 0.1) is 12.2 Å². The first-order chi connectivity index (χ1) is 10.1. The molecule has 0 atom stereocenters. The number of aromatic nitrogens is 2. The van der Waals surface area contributed by atoms with Crippen LogP contribution in [0.1, 0.15) is 35.5 Å². The van der Waals surface area contributed by atoms with E-state index < -0.39 is 0 Å². The third-order valence-electron chi connectivity index (χ3n) is 3.52. The van der Waals surface area contributed by atoms with Crippen LogP contribution < -0.4 is 10.6 Å². The Bertz CT molecular complexity index is 612. The lowest BCUT2D eigenvalue weighted by Gasteiger charge is -2.22. The van der Waals surface area contributed by atoms with Crippen LogP contribution in [-0.2, 0) is 25.9 Å². The van der Waals surface area contributed by atoms with Crippen LogP contribution in [0.3, 0.4) is 0 Å². The van der Waals surface area contributed by atoms with Gasteiger partial charge in [-0.2, -0.15) is 5.10 Å². The second-order valence-electron chi connectivity index (χ2n) is 4.93. The quantitative estimate of drug-likeness (QED) is 0.847. The van der Waals surface area contributed by atoms with Crippen LogP contribution in [0, 0.1) is 0 Å². The Balaban J connectivity index is 2.33. The molecule has 0 spiro atoms. The molecule has 0 unspecified atom stereocenters. The molecular formula is C15H21BrN4S. The number of hydrogen-bond acceptors (Lipinski definition) is 5. The largest absolute Gasteiger partial charge is 0.353 e. The van der Waals surface area contributed by atoms with E-state index in [2.05, 4.69) is 56.3 Å². The van der Waals surface area contributed by atoms with Gasteiger partial charge in [-0.1, -0.05) is 13.8 Å². The van der Waals surface area contributed by atoms with Crippen LogP contribution >= 0.6 is 27.3 Å². The lowest BCUT2D eigenvalue weighted by Crippen LogP contribution is -2.22. The monoisotopic (exact) mass is 368 g/mol. The van der Waals surface area contributed by atoms with Gasteiger partial charge in [0.25, 0.3) is 0 Å². The number of thiophene rings is 1. The van der Waals surface area contributed by atoms with Crippen molar-refractivity contribution in [1.29, 1.82) is 0 Å². The van der Waals surface area contributed by atoms with Crippen molar-refractivity contribution in [2.75, 3.05) is 11.9 Å². The van der Waals surface area contributed by atoms with Crippen molar-refractivity contribution in [2.45, 2.75) is 39.8 Å². The Hall–Kier alpha value is -0.980. The normalized spacial score (nSPS) is 10.9. The molecule has 0 amide bonds. The highest BCUT2D eigenvalue weighted by Gasteiger charge is 2.16. The van der Waals surface area contributed by atoms with E-state index in [1.54, 1.807) is 11.3 Å². The zero-order valence-electron chi connectivity index (χ0n) is 12.7. The maximum absolute atomic E-state index is 5.99. The maximum atomic E-state index is 5.99. The molecule has 0 bridgehead atoms. The minimum Gasteiger partial charge on any atom is -0.353 e. The van der Waals surface area contributed by atoms with Crippen molar-refractivity contribution in [3.05, 3.63) is 37.6 Å². The first-order valence-corrected chi connectivity index (χ1v) is 8.79. The van der Waals surface area contributed by atoms with Crippen LogP contribution in [0.5, 0.6) is 0 Å². The van der Waals surface area contributed by atoms with E-state index in [0.29, 0.717) is 6.54 Å². The second kappa shape index (κ2) is 7.33. The number of aryl methyl sites for hydroxylation is 1. The summed E-state index contributed by atoms with van der Waals surface area (Å²) in [6.45, 7) is 5.57. The Morgan fingerprint density at radius 2 is 2.00 bits per heavy atom. The maximum Gasteiger partial charge on any atom is 0.156 e. The minimum atomic E-state index is 0.500. The highest BCUT2D eigenvalue weighted by molar-refractivity contribution is 9.10.